The van der Waals surface area contributed by atoms with E-state index in [-0.39, 0.29) is 4.90 Å². The monoisotopic (exact) mass is 323 g/mol. The molecule has 0 atom stereocenters. The van der Waals surface area contributed by atoms with Gasteiger partial charge in [0, 0.05) is 31.1 Å². The molecule has 0 spiro atoms. The summed E-state index contributed by atoms with van der Waals surface area (Å²) < 4.78 is 36.8. The minimum absolute atomic E-state index is 0.290. The van der Waals surface area contributed by atoms with Gasteiger partial charge in [0.25, 0.3) is 0 Å². The van der Waals surface area contributed by atoms with E-state index in [1.54, 1.807) is 25.3 Å². The number of sulfonamides is 1. The third kappa shape index (κ3) is 2.55. The highest BCUT2D eigenvalue weighted by molar-refractivity contribution is 7.89. The first-order valence-corrected chi connectivity index (χ1v) is 8.53. The van der Waals surface area contributed by atoms with Gasteiger partial charge in [-0.25, -0.2) is 13.2 Å². The zero-order valence-corrected chi connectivity index (χ0v) is 13.1. The van der Waals surface area contributed by atoms with Gasteiger partial charge in [0.15, 0.2) is 4.90 Å². The molecule has 1 aromatic heterocycles. The van der Waals surface area contributed by atoms with Gasteiger partial charge in [-0.2, -0.15) is 4.31 Å². The molecular formula is C15H17NO5S. The van der Waals surface area contributed by atoms with Crippen LogP contribution in [0.3, 0.4) is 0 Å². The normalized spacial score (nSPS) is 16.4. The van der Waals surface area contributed by atoms with Gasteiger partial charge >= 0.3 is 5.63 Å². The van der Waals surface area contributed by atoms with Gasteiger partial charge in [0.05, 0.1) is 6.61 Å². The Morgan fingerprint density at radius 2 is 2.00 bits per heavy atom. The molecule has 22 heavy (non-hydrogen) atoms. The smallest absolute Gasteiger partial charge is 0.356 e. The minimum Gasteiger partial charge on any atom is -0.421 e. The summed E-state index contributed by atoms with van der Waals surface area (Å²) in [6.07, 6.45) is 1.63. The fourth-order valence-electron chi connectivity index (χ4n) is 2.70. The second kappa shape index (κ2) is 5.83. The quantitative estimate of drug-likeness (QED) is 0.801. The Kier molecular flexibility index (Phi) is 4.03. The lowest BCUT2D eigenvalue weighted by Crippen LogP contribution is -2.31. The summed E-state index contributed by atoms with van der Waals surface area (Å²) in [5, 5.41) is 0.576. The van der Waals surface area contributed by atoms with Crippen molar-refractivity contribution >= 4 is 21.0 Å². The lowest BCUT2D eigenvalue weighted by molar-refractivity contribution is 0.185. The van der Waals surface area contributed by atoms with Crippen LogP contribution >= 0.6 is 0 Å². The van der Waals surface area contributed by atoms with Crippen LogP contribution in [0.15, 0.2) is 38.4 Å². The Morgan fingerprint density at radius 1 is 1.27 bits per heavy atom. The van der Waals surface area contributed by atoms with Crippen molar-refractivity contribution in [2.75, 3.05) is 20.2 Å². The molecule has 2 heterocycles. The standard InChI is InChI=1S/C15H17NO5S/c1-20-10-12-6-4-5-11-9-13(15(17)21-14(11)12)22(18,19)16-7-2-3-8-16/h4-6,9H,2-3,7-8,10H2,1H3. The zero-order chi connectivity index (χ0) is 15.7. The number of nitrogens with zero attached hydrogens (tertiary/aromatic N) is 1. The predicted molar refractivity (Wildman–Crippen MR) is 81.2 cm³/mol. The first-order chi connectivity index (χ1) is 10.5. The van der Waals surface area contributed by atoms with Crippen LogP contribution in [0.5, 0.6) is 0 Å². The summed E-state index contributed by atoms with van der Waals surface area (Å²) in [7, 11) is -2.25. The number of para-hydroxylation sites is 1. The average Bonchev–Trinajstić information content (AvgIpc) is 3.02. The molecule has 0 aliphatic carbocycles. The summed E-state index contributed by atoms with van der Waals surface area (Å²) in [4.78, 5) is 11.9. The summed E-state index contributed by atoms with van der Waals surface area (Å²) in [5.74, 6) is 0. The maximum absolute atomic E-state index is 12.6. The number of hydrogen-bond donors (Lipinski definition) is 0. The third-order valence-corrected chi connectivity index (χ3v) is 5.68. The summed E-state index contributed by atoms with van der Waals surface area (Å²) in [6.45, 7) is 1.19. The van der Waals surface area contributed by atoms with E-state index in [1.165, 1.54) is 10.4 Å². The highest BCUT2D eigenvalue weighted by Crippen LogP contribution is 2.24. The Bertz CT molecular complexity index is 850. The predicted octanol–water partition coefficient (Wildman–Crippen LogP) is 1.72. The molecule has 0 amide bonds. The number of fused-ring (bicyclic) bond motifs is 1. The van der Waals surface area contributed by atoms with Crippen LogP contribution in [0.25, 0.3) is 11.0 Å². The molecule has 1 aliphatic heterocycles. The molecule has 0 saturated carbocycles. The van der Waals surface area contributed by atoms with E-state index in [0.29, 0.717) is 36.2 Å². The molecule has 2 aromatic rings. The lowest BCUT2D eigenvalue weighted by atomic mass is 10.1. The molecule has 118 valence electrons. The molecule has 1 fully saturated rings. The molecule has 6 nitrogen and oxygen atoms in total. The van der Waals surface area contributed by atoms with Gasteiger partial charge in [0.1, 0.15) is 5.58 Å². The number of rotatable bonds is 4. The van der Waals surface area contributed by atoms with Gasteiger partial charge in [0.2, 0.25) is 10.0 Å². The van der Waals surface area contributed by atoms with E-state index in [2.05, 4.69) is 0 Å². The van der Waals surface area contributed by atoms with Crippen LogP contribution < -0.4 is 5.63 Å². The van der Waals surface area contributed by atoms with Crippen molar-refractivity contribution in [1.82, 2.24) is 4.31 Å². The zero-order valence-electron chi connectivity index (χ0n) is 12.2. The van der Waals surface area contributed by atoms with Crippen molar-refractivity contribution in [1.29, 1.82) is 0 Å². The molecule has 0 unspecified atom stereocenters. The van der Waals surface area contributed by atoms with E-state index >= 15 is 0 Å². The Hall–Kier alpha value is -1.70. The maximum atomic E-state index is 12.6. The molecule has 0 radical (unpaired) electrons. The van der Waals surface area contributed by atoms with Gasteiger partial charge < -0.3 is 9.15 Å². The fraction of sp³-hybridized carbons (Fsp3) is 0.400. The van der Waals surface area contributed by atoms with Crippen molar-refractivity contribution in [2.45, 2.75) is 24.3 Å². The van der Waals surface area contributed by atoms with Gasteiger partial charge in [-0.1, -0.05) is 18.2 Å². The van der Waals surface area contributed by atoms with Crippen LogP contribution in [-0.4, -0.2) is 32.9 Å². The lowest BCUT2D eigenvalue weighted by Gasteiger charge is -2.15. The Balaban J connectivity index is 2.16. The summed E-state index contributed by atoms with van der Waals surface area (Å²) in [6, 6.07) is 6.68. The van der Waals surface area contributed by atoms with Crippen LogP contribution in [0.4, 0.5) is 0 Å². The molecule has 0 N–H and O–H groups in total. The van der Waals surface area contributed by atoms with Gasteiger partial charge in [-0.15, -0.1) is 0 Å². The molecule has 3 rings (SSSR count). The van der Waals surface area contributed by atoms with Crippen molar-refractivity contribution in [3.8, 4) is 0 Å². The molecule has 7 heteroatoms. The summed E-state index contributed by atoms with van der Waals surface area (Å²) in [5.41, 5.74) is 0.250. The van der Waals surface area contributed by atoms with E-state index in [4.69, 9.17) is 9.15 Å². The first-order valence-electron chi connectivity index (χ1n) is 7.09. The molecule has 0 bridgehead atoms. The van der Waals surface area contributed by atoms with Crippen LogP contribution in [0, 0.1) is 0 Å². The van der Waals surface area contributed by atoms with E-state index in [9.17, 15) is 13.2 Å². The number of hydrogen-bond acceptors (Lipinski definition) is 5. The van der Waals surface area contributed by atoms with Gasteiger partial charge in [-0.3, -0.25) is 0 Å². The van der Waals surface area contributed by atoms with Crippen LogP contribution in [0.2, 0.25) is 0 Å². The van der Waals surface area contributed by atoms with E-state index in [0.717, 1.165) is 12.8 Å². The molecular weight excluding hydrogens is 306 g/mol. The van der Waals surface area contributed by atoms with Crippen LogP contribution in [0.1, 0.15) is 18.4 Å². The number of benzene rings is 1. The second-order valence-corrected chi connectivity index (χ2v) is 7.18. The van der Waals surface area contributed by atoms with E-state index < -0.39 is 15.6 Å². The maximum Gasteiger partial charge on any atom is 0.356 e. The molecule has 1 aromatic carbocycles. The third-order valence-electron chi connectivity index (χ3n) is 3.79. The molecule has 1 aliphatic rings. The largest absolute Gasteiger partial charge is 0.421 e. The SMILES string of the molecule is COCc1cccc2cc(S(=O)(=O)N3CCCC3)c(=O)oc12. The highest BCUT2D eigenvalue weighted by atomic mass is 32.2. The van der Waals surface area contributed by atoms with Crippen molar-refractivity contribution in [2.24, 2.45) is 0 Å². The number of ether oxygens (including phenoxy) is 1. The van der Waals surface area contributed by atoms with Gasteiger partial charge in [-0.05, 0) is 18.9 Å². The second-order valence-electron chi connectivity index (χ2n) is 5.28. The molecule has 1 saturated heterocycles. The Labute approximate surface area is 128 Å². The highest BCUT2D eigenvalue weighted by Gasteiger charge is 2.30. The van der Waals surface area contributed by atoms with Crippen molar-refractivity contribution < 1.29 is 17.6 Å². The topological polar surface area (TPSA) is 76.8 Å². The van der Waals surface area contributed by atoms with Crippen molar-refractivity contribution in [3.63, 3.8) is 0 Å². The fourth-order valence-corrected chi connectivity index (χ4v) is 4.25. The first kappa shape index (κ1) is 15.2. The van der Waals surface area contributed by atoms with Crippen LogP contribution in [-0.2, 0) is 21.4 Å². The average molecular weight is 323 g/mol. The summed E-state index contributed by atoms with van der Waals surface area (Å²) >= 11 is 0. The van der Waals surface area contributed by atoms with E-state index in [1.807, 2.05) is 0 Å². The Morgan fingerprint density at radius 3 is 2.68 bits per heavy atom. The minimum atomic E-state index is -3.79. The van der Waals surface area contributed by atoms with Crippen molar-refractivity contribution in [3.05, 3.63) is 40.2 Å². The number of methoxy groups -OCH3 is 1.